The number of benzene rings is 1. The number of nitrogens with two attached hydrogens (primary N) is 1. The quantitative estimate of drug-likeness (QED) is 0.889. The van der Waals surface area contributed by atoms with Crippen LogP contribution in [0.4, 0.5) is 5.82 Å². The van der Waals surface area contributed by atoms with Crippen molar-refractivity contribution in [3.8, 4) is 0 Å². The third kappa shape index (κ3) is 2.70. The van der Waals surface area contributed by atoms with Gasteiger partial charge in [-0.15, -0.1) is 0 Å². The van der Waals surface area contributed by atoms with Crippen LogP contribution in [-0.4, -0.2) is 10.1 Å². The summed E-state index contributed by atoms with van der Waals surface area (Å²) >= 11 is 17.7. The minimum absolute atomic E-state index is 0.197. The monoisotopic (exact) mass is 302 g/mol. The number of aromatic nitrogens is 1. The third-order valence-electron chi connectivity index (χ3n) is 2.46. The highest BCUT2D eigenvalue weighted by molar-refractivity contribution is 6.33. The fourth-order valence-corrected chi connectivity index (χ4v) is 2.14. The number of halogens is 3. The lowest BCUT2D eigenvalue weighted by atomic mass is 10.0. The molecule has 0 bridgehead atoms. The van der Waals surface area contributed by atoms with Gasteiger partial charge in [-0.25, -0.2) is 4.98 Å². The van der Waals surface area contributed by atoms with Crippen molar-refractivity contribution in [1.82, 2.24) is 4.98 Å². The molecule has 0 aliphatic carbocycles. The molecule has 94 valence electrons. The molecule has 1 aromatic carbocycles. The van der Waals surface area contributed by atoms with Crippen molar-refractivity contribution in [3.63, 3.8) is 0 Å². The Morgan fingerprint density at radius 2 is 1.72 bits per heavy atom. The molecule has 2 rings (SSSR count). The van der Waals surface area contributed by atoms with E-state index in [1.807, 2.05) is 0 Å². The fourth-order valence-electron chi connectivity index (χ4n) is 1.58. The van der Waals surface area contributed by atoms with Gasteiger partial charge in [0.2, 0.25) is 0 Å². The van der Waals surface area contributed by atoms with Gasteiger partial charge in [0.05, 0.1) is 5.02 Å². The molecule has 0 spiro atoms. The van der Waals surface area contributed by atoms with Gasteiger partial charge < -0.3 is 10.8 Å². The van der Waals surface area contributed by atoms with Crippen LogP contribution >= 0.6 is 34.8 Å². The number of rotatable bonds is 2. The van der Waals surface area contributed by atoms with Gasteiger partial charge in [0.1, 0.15) is 11.9 Å². The highest BCUT2D eigenvalue weighted by Crippen LogP contribution is 2.33. The molecule has 3 N–H and O–H groups in total. The molecule has 2 aromatic rings. The van der Waals surface area contributed by atoms with Gasteiger partial charge in [0.15, 0.2) is 0 Å². The van der Waals surface area contributed by atoms with Crippen molar-refractivity contribution in [1.29, 1.82) is 0 Å². The fraction of sp³-hybridized carbons (Fsp3) is 0.0833. The maximum absolute atomic E-state index is 10.3. The molecule has 0 amide bonds. The van der Waals surface area contributed by atoms with Crippen molar-refractivity contribution in [2.75, 3.05) is 5.73 Å². The number of pyridine rings is 1. The zero-order valence-corrected chi connectivity index (χ0v) is 11.3. The molecule has 0 saturated carbocycles. The van der Waals surface area contributed by atoms with E-state index in [2.05, 4.69) is 4.98 Å². The number of anilines is 1. The Bertz CT molecular complexity index is 538. The van der Waals surface area contributed by atoms with E-state index in [1.54, 1.807) is 24.3 Å². The lowest BCUT2D eigenvalue weighted by Gasteiger charge is -2.15. The first-order valence-electron chi connectivity index (χ1n) is 5.03. The topological polar surface area (TPSA) is 59.1 Å². The minimum Gasteiger partial charge on any atom is -0.383 e. The van der Waals surface area contributed by atoms with Gasteiger partial charge in [-0.3, -0.25) is 0 Å². The van der Waals surface area contributed by atoms with E-state index < -0.39 is 6.10 Å². The van der Waals surface area contributed by atoms with Gasteiger partial charge in [-0.2, -0.15) is 0 Å². The molecule has 0 aliphatic rings. The summed E-state index contributed by atoms with van der Waals surface area (Å²) in [4.78, 5) is 3.89. The van der Waals surface area contributed by atoms with Gasteiger partial charge in [-0.1, -0.05) is 34.8 Å². The molecule has 1 heterocycles. The van der Waals surface area contributed by atoms with Gasteiger partial charge in [-0.05, 0) is 24.3 Å². The second kappa shape index (κ2) is 5.33. The summed E-state index contributed by atoms with van der Waals surface area (Å²) in [5, 5.41) is 11.5. The highest BCUT2D eigenvalue weighted by Gasteiger charge is 2.18. The molecule has 18 heavy (non-hydrogen) atoms. The summed E-state index contributed by atoms with van der Waals surface area (Å²) in [7, 11) is 0. The predicted molar refractivity (Wildman–Crippen MR) is 74.2 cm³/mol. The van der Waals surface area contributed by atoms with Crippen molar-refractivity contribution in [2.45, 2.75) is 6.10 Å². The highest BCUT2D eigenvalue weighted by atomic mass is 35.5. The number of hydrogen-bond donors (Lipinski definition) is 2. The van der Waals surface area contributed by atoms with Gasteiger partial charge in [0.25, 0.3) is 0 Å². The number of nitrogens with zero attached hydrogens (tertiary/aromatic N) is 1. The van der Waals surface area contributed by atoms with Crippen LogP contribution in [0.5, 0.6) is 0 Å². The second-order valence-corrected chi connectivity index (χ2v) is 4.98. The molecule has 6 heteroatoms. The van der Waals surface area contributed by atoms with Crippen LogP contribution in [0.3, 0.4) is 0 Å². The van der Waals surface area contributed by atoms with Gasteiger partial charge >= 0.3 is 0 Å². The summed E-state index contributed by atoms with van der Waals surface area (Å²) in [5.74, 6) is 0.197. The van der Waals surface area contributed by atoms with Crippen LogP contribution in [0.1, 0.15) is 17.2 Å². The predicted octanol–water partition coefficient (Wildman–Crippen LogP) is 3.71. The lowest BCUT2D eigenvalue weighted by molar-refractivity contribution is 0.221. The normalized spacial score (nSPS) is 12.4. The molecule has 0 aliphatic heterocycles. The van der Waals surface area contributed by atoms with Crippen molar-refractivity contribution < 1.29 is 5.11 Å². The number of hydrogen-bond acceptors (Lipinski definition) is 3. The number of nitrogen functional groups attached to an aromatic ring is 1. The van der Waals surface area contributed by atoms with Crippen molar-refractivity contribution in [2.24, 2.45) is 0 Å². The largest absolute Gasteiger partial charge is 0.383 e. The molecular weight excluding hydrogens is 295 g/mol. The van der Waals surface area contributed by atoms with Crippen LogP contribution in [0.15, 0.2) is 30.5 Å². The Hall–Kier alpha value is -1.000. The molecule has 0 radical (unpaired) electrons. The maximum Gasteiger partial charge on any atom is 0.129 e. The molecule has 3 nitrogen and oxygen atoms in total. The molecule has 0 saturated heterocycles. The van der Waals surface area contributed by atoms with Crippen LogP contribution in [0, 0.1) is 0 Å². The van der Waals surface area contributed by atoms with E-state index in [9.17, 15) is 5.11 Å². The van der Waals surface area contributed by atoms with E-state index >= 15 is 0 Å². The van der Waals surface area contributed by atoms with Crippen LogP contribution < -0.4 is 5.73 Å². The lowest BCUT2D eigenvalue weighted by Crippen LogP contribution is -2.06. The molecular formula is C12H9Cl3N2O. The summed E-state index contributed by atoms with van der Waals surface area (Å²) in [5.41, 5.74) is 6.56. The van der Waals surface area contributed by atoms with Crippen molar-refractivity contribution >= 4 is 40.6 Å². The zero-order valence-electron chi connectivity index (χ0n) is 9.07. The smallest absolute Gasteiger partial charge is 0.129 e. The van der Waals surface area contributed by atoms with Gasteiger partial charge in [0, 0.05) is 27.4 Å². The Kier molecular flexibility index (Phi) is 3.97. The molecule has 1 aromatic heterocycles. The number of aliphatic hydroxyl groups excluding tert-OH is 1. The third-order valence-corrected chi connectivity index (χ3v) is 3.25. The first-order valence-corrected chi connectivity index (χ1v) is 6.16. The Balaban J connectivity index is 2.50. The Labute approximate surface area is 119 Å². The maximum atomic E-state index is 10.3. The Morgan fingerprint density at radius 3 is 2.44 bits per heavy atom. The Morgan fingerprint density at radius 1 is 1.06 bits per heavy atom. The molecule has 1 unspecified atom stereocenters. The summed E-state index contributed by atoms with van der Waals surface area (Å²) in [6.07, 6.45) is 0.384. The van der Waals surface area contributed by atoms with E-state index in [1.165, 1.54) is 6.20 Å². The van der Waals surface area contributed by atoms with E-state index in [0.717, 1.165) is 0 Å². The average Bonchev–Trinajstić information content (AvgIpc) is 2.34. The zero-order chi connectivity index (χ0) is 13.3. The number of aliphatic hydroxyl groups is 1. The average molecular weight is 304 g/mol. The first kappa shape index (κ1) is 13.4. The molecule has 1 atom stereocenters. The summed E-state index contributed by atoms with van der Waals surface area (Å²) in [6.45, 7) is 0. The van der Waals surface area contributed by atoms with Crippen LogP contribution in [0.25, 0.3) is 0 Å². The minimum atomic E-state index is -1.03. The van der Waals surface area contributed by atoms with E-state index in [0.29, 0.717) is 26.2 Å². The van der Waals surface area contributed by atoms with Crippen LogP contribution in [0.2, 0.25) is 15.1 Å². The SMILES string of the molecule is Nc1ncc(Cl)cc1C(O)c1cc(Cl)ccc1Cl. The van der Waals surface area contributed by atoms with E-state index in [4.69, 9.17) is 40.5 Å². The van der Waals surface area contributed by atoms with E-state index in [-0.39, 0.29) is 5.82 Å². The van der Waals surface area contributed by atoms with Crippen LogP contribution in [-0.2, 0) is 0 Å². The summed E-state index contributed by atoms with van der Waals surface area (Å²) < 4.78 is 0. The second-order valence-electron chi connectivity index (χ2n) is 3.70. The standard InChI is InChI=1S/C12H9Cl3N2O/c13-6-1-2-10(15)8(3-6)11(18)9-4-7(14)5-17-12(9)16/h1-5,11,18H,(H2,16,17). The molecule has 0 fully saturated rings. The first-order chi connectivity index (χ1) is 8.49. The summed E-state index contributed by atoms with van der Waals surface area (Å²) in [6, 6.07) is 6.37. The van der Waals surface area contributed by atoms with Crippen molar-refractivity contribution in [3.05, 3.63) is 56.7 Å².